The first-order valence-corrected chi connectivity index (χ1v) is 7.68. The third-order valence-corrected chi connectivity index (χ3v) is 4.40. The fourth-order valence-electron chi connectivity index (χ4n) is 2.56. The number of thiocarbonyl (C=S) groups is 1. The summed E-state index contributed by atoms with van der Waals surface area (Å²) in [5.74, 6) is 0.741. The summed E-state index contributed by atoms with van der Waals surface area (Å²) in [6, 6.07) is 6.25. The van der Waals surface area contributed by atoms with E-state index in [-0.39, 0.29) is 0 Å². The van der Waals surface area contributed by atoms with Gasteiger partial charge >= 0.3 is 0 Å². The number of nitrogens with zero attached hydrogens (tertiary/aromatic N) is 1. The van der Waals surface area contributed by atoms with Gasteiger partial charge in [0.05, 0.1) is 17.2 Å². The molecule has 1 aliphatic carbocycles. The van der Waals surface area contributed by atoms with E-state index in [1.807, 2.05) is 18.2 Å². The molecule has 110 valence electrons. The summed E-state index contributed by atoms with van der Waals surface area (Å²) in [7, 11) is 1.71. The van der Waals surface area contributed by atoms with Gasteiger partial charge < -0.3 is 15.4 Å². The van der Waals surface area contributed by atoms with Crippen LogP contribution in [0, 0.1) is 5.92 Å². The molecule has 0 radical (unpaired) electrons. The van der Waals surface area contributed by atoms with Crippen molar-refractivity contribution in [1.29, 1.82) is 0 Å². The first-order valence-electron chi connectivity index (χ1n) is 6.90. The summed E-state index contributed by atoms with van der Waals surface area (Å²) in [5, 5.41) is 0.611. The molecule has 1 aliphatic rings. The molecule has 0 bridgehead atoms. The summed E-state index contributed by atoms with van der Waals surface area (Å²) in [6.07, 6.45) is 2.57. The largest absolute Gasteiger partial charge is 0.389 e. The van der Waals surface area contributed by atoms with Crippen molar-refractivity contribution in [2.24, 2.45) is 11.7 Å². The number of rotatable bonds is 7. The SMILES string of the molecule is COCCN(c1cccc(Cl)c1C(N)=S)C(C)C1CC1. The summed E-state index contributed by atoms with van der Waals surface area (Å²) in [6.45, 7) is 3.72. The molecule has 1 aromatic carbocycles. The average Bonchev–Trinajstić information content (AvgIpc) is 3.22. The minimum absolute atomic E-state index is 0.344. The average molecular weight is 313 g/mol. The van der Waals surface area contributed by atoms with E-state index in [0.717, 1.165) is 23.7 Å². The maximum absolute atomic E-state index is 6.28. The Labute approximate surface area is 131 Å². The predicted octanol–water partition coefficient (Wildman–Crippen LogP) is 3.23. The zero-order valence-electron chi connectivity index (χ0n) is 11.9. The number of hydrogen-bond acceptors (Lipinski definition) is 3. The van der Waals surface area contributed by atoms with Gasteiger partial charge in [0, 0.05) is 25.4 Å². The van der Waals surface area contributed by atoms with E-state index >= 15 is 0 Å². The molecule has 0 amide bonds. The molecule has 0 heterocycles. The smallest absolute Gasteiger partial charge is 0.107 e. The number of nitrogens with two attached hydrogens (primary N) is 1. The Kier molecular flexibility index (Phi) is 5.24. The number of hydrogen-bond donors (Lipinski definition) is 1. The minimum Gasteiger partial charge on any atom is -0.389 e. The van der Waals surface area contributed by atoms with Crippen LogP contribution >= 0.6 is 23.8 Å². The van der Waals surface area contributed by atoms with Crippen molar-refractivity contribution in [3.63, 3.8) is 0 Å². The number of halogens is 1. The third-order valence-electron chi connectivity index (χ3n) is 3.88. The van der Waals surface area contributed by atoms with Gasteiger partial charge in [0.1, 0.15) is 4.99 Å². The maximum atomic E-state index is 6.28. The van der Waals surface area contributed by atoms with E-state index in [2.05, 4.69) is 11.8 Å². The van der Waals surface area contributed by atoms with Gasteiger partial charge in [-0.05, 0) is 37.8 Å². The lowest BCUT2D eigenvalue weighted by molar-refractivity contribution is 0.202. The molecule has 1 saturated carbocycles. The molecule has 5 heteroatoms. The quantitative estimate of drug-likeness (QED) is 0.785. The molecule has 1 atom stereocenters. The molecule has 2 N–H and O–H groups in total. The minimum atomic E-state index is 0.344. The van der Waals surface area contributed by atoms with E-state index in [9.17, 15) is 0 Å². The lowest BCUT2D eigenvalue weighted by Crippen LogP contribution is -2.38. The zero-order valence-corrected chi connectivity index (χ0v) is 13.5. The van der Waals surface area contributed by atoms with Gasteiger partial charge in [-0.1, -0.05) is 29.9 Å². The van der Waals surface area contributed by atoms with Gasteiger partial charge in [-0.25, -0.2) is 0 Å². The van der Waals surface area contributed by atoms with Gasteiger partial charge in [0.15, 0.2) is 0 Å². The van der Waals surface area contributed by atoms with Crippen molar-refractivity contribution in [2.75, 3.05) is 25.2 Å². The second-order valence-electron chi connectivity index (χ2n) is 5.26. The lowest BCUT2D eigenvalue weighted by atomic mass is 10.1. The molecule has 1 fully saturated rings. The summed E-state index contributed by atoms with van der Waals surface area (Å²) in [4.78, 5) is 2.66. The highest BCUT2D eigenvalue weighted by atomic mass is 35.5. The molecule has 20 heavy (non-hydrogen) atoms. The van der Waals surface area contributed by atoms with E-state index in [4.69, 9.17) is 34.3 Å². The van der Waals surface area contributed by atoms with Crippen LogP contribution in [0.4, 0.5) is 5.69 Å². The topological polar surface area (TPSA) is 38.5 Å². The summed E-state index contributed by atoms with van der Waals surface area (Å²) >= 11 is 11.4. The van der Waals surface area contributed by atoms with Crippen molar-refractivity contribution < 1.29 is 4.74 Å². The highest BCUT2D eigenvalue weighted by Gasteiger charge is 2.33. The summed E-state index contributed by atoms with van der Waals surface area (Å²) in [5.41, 5.74) is 7.65. The number of anilines is 1. The molecular formula is C15H21ClN2OS. The Balaban J connectivity index is 2.36. The van der Waals surface area contributed by atoms with Crippen molar-refractivity contribution in [1.82, 2.24) is 0 Å². The molecule has 0 spiro atoms. The molecule has 1 unspecified atom stereocenters. The van der Waals surface area contributed by atoms with Crippen LogP contribution in [-0.2, 0) is 4.74 Å². The number of ether oxygens (including phenoxy) is 1. The second-order valence-corrected chi connectivity index (χ2v) is 6.11. The molecule has 0 saturated heterocycles. The van der Waals surface area contributed by atoms with Crippen molar-refractivity contribution in [3.8, 4) is 0 Å². The molecular weight excluding hydrogens is 292 g/mol. The Morgan fingerprint density at radius 3 is 2.80 bits per heavy atom. The maximum Gasteiger partial charge on any atom is 0.107 e. The molecule has 3 nitrogen and oxygen atoms in total. The third kappa shape index (κ3) is 3.43. The van der Waals surface area contributed by atoms with Gasteiger partial charge in [-0.2, -0.15) is 0 Å². The van der Waals surface area contributed by atoms with Crippen LogP contribution < -0.4 is 10.6 Å². The Bertz CT molecular complexity index is 491. The lowest BCUT2D eigenvalue weighted by Gasteiger charge is -2.33. The second kappa shape index (κ2) is 6.74. The Morgan fingerprint density at radius 1 is 1.55 bits per heavy atom. The van der Waals surface area contributed by atoms with E-state index in [1.54, 1.807) is 7.11 Å². The molecule has 0 aliphatic heterocycles. The fourth-order valence-corrected chi connectivity index (χ4v) is 3.10. The van der Waals surface area contributed by atoms with E-state index in [0.29, 0.717) is 22.7 Å². The molecule has 0 aromatic heterocycles. The summed E-state index contributed by atoms with van der Waals surface area (Å²) < 4.78 is 5.24. The monoisotopic (exact) mass is 312 g/mol. The van der Waals surface area contributed by atoms with Crippen LogP contribution in [0.25, 0.3) is 0 Å². The van der Waals surface area contributed by atoms with Crippen LogP contribution in [0.15, 0.2) is 18.2 Å². The standard InChI is InChI=1S/C15H21ClN2OS/c1-10(11-6-7-11)18(8-9-19-2)13-5-3-4-12(16)14(13)15(17)20/h3-5,10-11H,6-9H2,1-2H3,(H2,17,20). The Hall–Kier alpha value is -0.840. The highest BCUT2D eigenvalue weighted by molar-refractivity contribution is 7.80. The van der Waals surface area contributed by atoms with Gasteiger partial charge in [-0.3, -0.25) is 0 Å². The van der Waals surface area contributed by atoms with Crippen molar-refractivity contribution in [2.45, 2.75) is 25.8 Å². The van der Waals surface area contributed by atoms with Crippen LogP contribution in [0.5, 0.6) is 0 Å². The van der Waals surface area contributed by atoms with Crippen LogP contribution in [-0.4, -0.2) is 31.3 Å². The number of benzene rings is 1. The fraction of sp³-hybridized carbons (Fsp3) is 0.533. The first kappa shape index (κ1) is 15.5. The molecule has 1 aromatic rings. The predicted molar refractivity (Wildman–Crippen MR) is 88.7 cm³/mol. The van der Waals surface area contributed by atoms with Crippen LogP contribution in [0.3, 0.4) is 0 Å². The van der Waals surface area contributed by atoms with Gasteiger partial charge in [-0.15, -0.1) is 0 Å². The van der Waals surface area contributed by atoms with Crippen LogP contribution in [0.1, 0.15) is 25.3 Å². The van der Waals surface area contributed by atoms with Crippen molar-refractivity contribution in [3.05, 3.63) is 28.8 Å². The molecule has 2 rings (SSSR count). The van der Waals surface area contributed by atoms with Gasteiger partial charge in [0.25, 0.3) is 0 Å². The Morgan fingerprint density at radius 2 is 2.25 bits per heavy atom. The van der Waals surface area contributed by atoms with Crippen molar-refractivity contribution >= 4 is 34.5 Å². The highest BCUT2D eigenvalue weighted by Crippen LogP contribution is 2.38. The normalized spacial score (nSPS) is 15.9. The van der Waals surface area contributed by atoms with E-state index < -0.39 is 0 Å². The zero-order chi connectivity index (χ0) is 14.7. The van der Waals surface area contributed by atoms with Crippen LogP contribution in [0.2, 0.25) is 5.02 Å². The van der Waals surface area contributed by atoms with E-state index in [1.165, 1.54) is 12.8 Å². The number of methoxy groups -OCH3 is 1. The first-order chi connectivity index (χ1) is 9.56. The van der Waals surface area contributed by atoms with Gasteiger partial charge in [0.2, 0.25) is 0 Å².